The van der Waals surface area contributed by atoms with Crippen molar-refractivity contribution in [2.24, 2.45) is 0 Å². The fourth-order valence-electron chi connectivity index (χ4n) is 1.10. The van der Waals surface area contributed by atoms with E-state index in [0.29, 0.717) is 19.6 Å². The van der Waals surface area contributed by atoms with Crippen LogP contribution >= 0.6 is 0 Å². The van der Waals surface area contributed by atoms with Gasteiger partial charge in [-0.15, -0.1) is 0 Å². The summed E-state index contributed by atoms with van der Waals surface area (Å²) < 4.78 is 22.3. The van der Waals surface area contributed by atoms with E-state index in [0.717, 1.165) is 0 Å². The lowest BCUT2D eigenvalue weighted by Gasteiger charge is -2.28. The molecule has 1 rings (SSSR count). The van der Waals surface area contributed by atoms with Gasteiger partial charge in [0.05, 0.1) is 32.1 Å². The van der Waals surface area contributed by atoms with E-state index in [4.69, 9.17) is 9.47 Å². The highest BCUT2D eigenvalue weighted by atomic mass is 19.1. The second-order valence-corrected chi connectivity index (χ2v) is 2.46. The van der Waals surface area contributed by atoms with Gasteiger partial charge >= 0.3 is 0 Å². The highest BCUT2D eigenvalue weighted by Gasteiger charge is 2.21. The highest BCUT2D eigenvalue weighted by molar-refractivity contribution is 4.69. The molecular formula is C7H13FO2. The van der Waals surface area contributed by atoms with Crippen molar-refractivity contribution < 1.29 is 13.9 Å². The largest absolute Gasteiger partial charge is 0.373 e. The molecule has 0 N–H and O–H groups in total. The van der Waals surface area contributed by atoms with Crippen LogP contribution in [-0.4, -0.2) is 32.1 Å². The lowest BCUT2D eigenvalue weighted by Crippen LogP contribution is -2.36. The van der Waals surface area contributed by atoms with E-state index in [9.17, 15) is 4.39 Å². The minimum Gasteiger partial charge on any atom is -0.373 e. The lowest BCUT2D eigenvalue weighted by atomic mass is 10.1. The maximum Gasteiger partial charge on any atom is 0.0920 e. The maximum absolute atomic E-state index is 11.8. The van der Waals surface area contributed by atoms with Crippen molar-refractivity contribution in [3.8, 4) is 0 Å². The van der Waals surface area contributed by atoms with Gasteiger partial charge in [0, 0.05) is 6.42 Å². The van der Waals surface area contributed by atoms with Gasteiger partial charge in [-0.05, 0) is 6.92 Å². The van der Waals surface area contributed by atoms with Gasteiger partial charge in [-0.3, -0.25) is 4.39 Å². The Labute approximate surface area is 60.3 Å². The molecule has 0 radical (unpaired) electrons. The summed E-state index contributed by atoms with van der Waals surface area (Å²) in [6.07, 6.45) is 0.490. The monoisotopic (exact) mass is 148 g/mol. The minimum absolute atomic E-state index is 0.0289. The predicted molar refractivity (Wildman–Crippen MR) is 35.7 cm³/mol. The fourth-order valence-corrected chi connectivity index (χ4v) is 1.10. The van der Waals surface area contributed by atoms with E-state index in [2.05, 4.69) is 0 Å². The van der Waals surface area contributed by atoms with Crippen molar-refractivity contribution in [2.75, 3.05) is 19.9 Å². The molecule has 0 spiro atoms. The van der Waals surface area contributed by atoms with Crippen LogP contribution in [0.25, 0.3) is 0 Å². The van der Waals surface area contributed by atoms with Crippen LogP contribution in [0.2, 0.25) is 0 Å². The molecule has 0 aromatic carbocycles. The number of ether oxygens (including phenoxy) is 2. The summed E-state index contributed by atoms with van der Waals surface area (Å²) >= 11 is 0. The first kappa shape index (κ1) is 7.95. The van der Waals surface area contributed by atoms with Gasteiger partial charge in [0.1, 0.15) is 0 Å². The highest BCUT2D eigenvalue weighted by Crippen LogP contribution is 2.12. The zero-order valence-corrected chi connectivity index (χ0v) is 6.18. The maximum atomic E-state index is 11.8. The molecule has 1 aliphatic rings. The summed E-state index contributed by atoms with van der Waals surface area (Å²) in [7, 11) is 0. The van der Waals surface area contributed by atoms with Crippen molar-refractivity contribution in [2.45, 2.75) is 25.6 Å². The lowest BCUT2D eigenvalue weighted by molar-refractivity contribution is -0.135. The molecule has 0 amide bonds. The molecule has 0 aliphatic carbocycles. The van der Waals surface area contributed by atoms with Crippen molar-refractivity contribution in [3.63, 3.8) is 0 Å². The Hall–Kier alpha value is -0.150. The normalized spacial score (nSPS) is 34.2. The first-order valence-corrected chi connectivity index (χ1v) is 3.63. The third-order valence-corrected chi connectivity index (χ3v) is 1.71. The second kappa shape index (κ2) is 3.88. The number of hydrogen-bond acceptors (Lipinski definition) is 2. The molecule has 0 aromatic heterocycles. The summed E-state index contributed by atoms with van der Waals surface area (Å²) in [6, 6.07) is 0. The minimum atomic E-state index is -0.321. The third-order valence-electron chi connectivity index (χ3n) is 1.71. The molecule has 10 heavy (non-hydrogen) atoms. The topological polar surface area (TPSA) is 18.5 Å². The average molecular weight is 148 g/mol. The van der Waals surface area contributed by atoms with Gasteiger partial charge in [-0.1, -0.05) is 0 Å². The third kappa shape index (κ3) is 1.92. The molecule has 2 nitrogen and oxygen atoms in total. The Morgan fingerprint density at radius 1 is 1.40 bits per heavy atom. The second-order valence-electron chi connectivity index (χ2n) is 2.46. The molecule has 0 aromatic rings. The van der Waals surface area contributed by atoms with Crippen molar-refractivity contribution >= 4 is 0 Å². The number of halogens is 1. The summed E-state index contributed by atoms with van der Waals surface area (Å²) in [6.45, 7) is 2.84. The first-order chi connectivity index (χ1) is 4.84. The molecule has 60 valence electrons. The van der Waals surface area contributed by atoms with Crippen LogP contribution < -0.4 is 0 Å². The molecule has 1 fully saturated rings. The Morgan fingerprint density at radius 3 is 2.70 bits per heavy atom. The van der Waals surface area contributed by atoms with Gasteiger partial charge in [0.25, 0.3) is 0 Å². The number of rotatable bonds is 2. The van der Waals surface area contributed by atoms with Crippen molar-refractivity contribution in [1.29, 1.82) is 0 Å². The molecular weight excluding hydrogens is 135 g/mol. The summed E-state index contributed by atoms with van der Waals surface area (Å²) in [5, 5.41) is 0. The average Bonchev–Trinajstić information content (AvgIpc) is 1.94. The van der Waals surface area contributed by atoms with E-state index in [1.54, 1.807) is 0 Å². The van der Waals surface area contributed by atoms with Crippen LogP contribution in [-0.2, 0) is 9.47 Å². The van der Waals surface area contributed by atoms with Crippen LogP contribution in [0.4, 0.5) is 4.39 Å². The van der Waals surface area contributed by atoms with Crippen LogP contribution in [0.3, 0.4) is 0 Å². The summed E-state index contributed by atoms with van der Waals surface area (Å²) in [5.74, 6) is 0. The van der Waals surface area contributed by atoms with Crippen molar-refractivity contribution in [3.05, 3.63) is 0 Å². The summed E-state index contributed by atoms with van der Waals surface area (Å²) in [4.78, 5) is 0. The number of hydrogen-bond donors (Lipinski definition) is 0. The van der Waals surface area contributed by atoms with Crippen LogP contribution in [0, 0.1) is 0 Å². The summed E-state index contributed by atoms with van der Waals surface area (Å²) in [5.41, 5.74) is 0. The molecule has 1 aliphatic heterocycles. The molecule has 0 saturated carbocycles. The van der Waals surface area contributed by atoms with Gasteiger partial charge in [-0.2, -0.15) is 0 Å². The van der Waals surface area contributed by atoms with E-state index < -0.39 is 0 Å². The Kier molecular flexibility index (Phi) is 3.09. The Morgan fingerprint density at radius 2 is 2.10 bits per heavy atom. The van der Waals surface area contributed by atoms with Crippen LogP contribution in [0.1, 0.15) is 13.3 Å². The number of alkyl halides is 1. The van der Waals surface area contributed by atoms with E-state index in [-0.39, 0.29) is 18.9 Å². The quantitative estimate of drug-likeness (QED) is 0.584. The standard InChI is InChI=1S/C7H13FO2/c1-6-7(2-3-8)10-5-4-9-6/h6-7H,2-5H2,1H3. The molecule has 1 heterocycles. The van der Waals surface area contributed by atoms with Crippen molar-refractivity contribution in [1.82, 2.24) is 0 Å². The predicted octanol–water partition coefficient (Wildman–Crippen LogP) is 1.15. The van der Waals surface area contributed by atoms with Crippen LogP contribution in [0.15, 0.2) is 0 Å². The molecule has 3 heteroatoms. The van der Waals surface area contributed by atoms with E-state index in [1.165, 1.54) is 0 Å². The van der Waals surface area contributed by atoms with Gasteiger partial charge < -0.3 is 9.47 Å². The zero-order valence-electron chi connectivity index (χ0n) is 6.18. The molecule has 1 saturated heterocycles. The van der Waals surface area contributed by atoms with Gasteiger partial charge in [-0.25, -0.2) is 0 Å². The Bertz CT molecular complexity index is 95.6. The molecule has 2 atom stereocenters. The fraction of sp³-hybridized carbons (Fsp3) is 1.00. The molecule has 0 bridgehead atoms. The zero-order chi connectivity index (χ0) is 7.40. The van der Waals surface area contributed by atoms with E-state index in [1.807, 2.05) is 6.92 Å². The first-order valence-electron chi connectivity index (χ1n) is 3.63. The van der Waals surface area contributed by atoms with E-state index >= 15 is 0 Å². The smallest absolute Gasteiger partial charge is 0.0920 e. The SMILES string of the molecule is CC1OCCOC1CCF. The van der Waals surface area contributed by atoms with Gasteiger partial charge in [0.2, 0.25) is 0 Å². The van der Waals surface area contributed by atoms with Crippen LogP contribution in [0.5, 0.6) is 0 Å². The Balaban J connectivity index is 2.25. The molecule has 2 unspecified atom stereocenters. The van der Waals surface area contributed by atoms with Gasteiger partial charge in [0.15, 0.2) is 0 Å².